The Labute approximate surface area is 90.9 Å². The number of rotatable bonds is 6. The van der Waals surface area contributed by atoms with Gasteiger partial charge in [0, 0.05) is 32.4 Å². The minimum absolute atomic E-state index is 0.361. The Morgan fingerprint density at radius 1 is 1.53 bits per heavy atom. The second-order valence-corrected chi connectivity index (χ2v) is 4.02. The molecule has 1 N–H and O–H groups in total. The summed E-state index contributed by atoms with van der Waals surface area (Å²) in [7, 11) is 1.64. The SMILES string of the molecule is COCCC(O)Cc1ccn(C(C)C)n1. The third-order valence-corrected chi connectivity index (χ3v) is 2.29. The van der Waals surface area contributed by atoms with Gasteiger partial charge in [-0.05, 0) is 26.3 Å². The lowest BCUT2D eigenvalue weighted by Crippen LogP contribution is -2.14. The lowest BCUT2D eigenvalue weighted by molar-refractivity contribution is 0.109. The summed E-state index contributed by atoms with van der Waals surface area (Å²) >= 11 is 0. The van der Waals surface area contributed by atoms with Crippen molar-refractivity contribution in [2.45, 2.75) is 38.8 Å². The molecule has 1 atom stereocenters. The van der Waals surface area contributed by atoms with Crippen molar-refractivity contribution in [1.29, 1.82) is 0 Å². The first-order chi connectivity index (χ1) is 7.13. The first-order valence-electron chi connectivity index (χ1n) is 5.34. The van der Waals surface area contributed by atoms with Crippen LogP contribution in [0.5, 0.6) is 0 Å². The van der Waals surface area contributed by atoms with Gasteiger partial charge in [0.1, 0.15) is 0 Å². The van der Waals surface area contributed by atoms with E-state index in [2.05, 4.69) is 18.9 Å². The van der Waals surface area contributed by atoms with Crippen molar-refractivity contribution in [2.75, 3.05) is 13.7 Å². The number of ether oxygens (including phenoxy) is 1. The maximum Gasteiger partial charge on any atom is 0.0650 e. The maximum absolute atomic E-state index is 9.65. The van der Waals surface area contributed by atoms with Gasteiger partial charge in [-0.15, -0.1) is 0 Å². The van der Waals surface area contributed by atoms with Crippen LogP contribution in [0.1, 0.15) is 32.0 Å². The molecule has 0 aromatic carbocycles. The van der Waals surface area contributed by atoms with E-state index in [9.17, 15) is 5.11 Å². The fraction of sp³-hybridized carbons (Fsp3) is 0.727. The van der Waals surface area contributed by atoms with E-state index in [1.807, 2.05) is 16.9 Å². The Kier molecular flexibility index (Phi) is 4.78. The van der Waals surface area contributed by atoms with Crippen LogP contribution in [-0.2, 0) is 11.2 Å². The van der Waals surface area contributed by atoms with Gasteiger partial charge in [0.2, 0.25) is 0 Å². The quantitative estimate of drug-likeness (QED) is 0.775. The van der Waals surface area contributed by atoms with Crippen molar-refractivity contribution in [1.82, 2.24) is 9.78 Å². The highest BCUT2D eigenvalue weighted by molar-refractivity contribution is 5.01. The van der Waals surface area contributed by atoms with Crippen LogP contribution in [0.15, 0.2) is 12.3 Å². The number of hydrogen-bond acceptors (Lipinski definition) is 3. The van der Waals surface area contributed by atoms with Crippen molar-refractivity contribution in [3.05, 3.63) is 18.0 Å². The number of aromatic nitrogens is 2. The summed E-state index contributed by atoms with van der Waals surface area (Å²) in [6.45, 7) is 4.75. The van der Waals surface area contributed by atoms with E-state index in [1.165, 1.54) is 0 Å². The van der Waals surface area contributed by atoms with Crippen LogP contribution < -0.4 is 0 Å². The van der Waals surface area contributed by atoms with E-state index in [0.29, 0.717) is 25.5 Å². The summed E-state index contributed by atoms with van der Waals surface area (Å²) in [5.74, 6) is 0. The van der Waals surface area contributed by atoms with Gasteiger partial charge in [-0.25, -0.2) is 0 Å². The van der Waals surface area contributed by atoms with E-state index >= 15 is 0 Å². The van der Waals surface area contributed by atoms with Crippen molar-refractivity contribution in [3.8, 4) is 0 Å². The molecule has 0 amide bonds. The predicted molar refractivity (Wildman–Crippen MR) is 58.8 cm³/mol. The second-order valence-electron chi connectivity index (χ2n) is 4.02. The molecule has 1 rings (SSSR count). The van der Waals surface area contributed by atoms with Crippen LogP contribution >= 0.6 is 0 Å². The fourth-order valence-electron chi connectivity index (χ4n) is 1.37. The predicted octanol–water partition coefficient (Wildman–Crippen LogP) is 1.40. The molecule has 1 aromatic heterocycles. The molecule has 0 aliphatic heterocycles. The molecule has 0 radical (unpaired) electrons. The molecular weight excluding hydrogens is 192 g/mol. The topological polar surface area (TPSA) is 47.3 Å². The minimum Gasteiger partial charge on any atom is -0.393 e. The molecule has 15 heavy (non-hydrogen) atoms. The molecule has 1 aromatic rings. The Morgan fingerprint density at radius 3 is 2.80 bits per heavy atom. The summed E-state index contributed by atoms with van der Waals surface area (Å²) < 4.78 is 6.81. The summed E-state index contributed by atoms with van der Waals surface area (Å²) in [4.78, 5) is 0. The van der Waals surface area contributed by atoms with Crippen molar-refractivity contribution < 1.29 is 9.84 Å². The van der Waals surface area contributed by atoms with Crippen LogP contribution in [0.4, 0.5) is 0 Å². The lowest BCUT2D eigenvalue weighted by atomic mass is 10.1. The first kappa shape index (κ1) is 12.2. The summed E-state index contributed by atoms with van der Waals surface area (Å²) in [5, 5.41) is 14.0. The largest absolute Gasteiger partial charge is 0.393 e. The molecule has 86 valence electrons. The van der Waals surface area contributed by atoms with E-state index in [1.54, 1.807) is 7.11 Å². The maximum atomic E-state index is 9.65. The van der Waals surface area contributed by atoms with E-state index in [-0.39, 0.29) is 6.10 Å². The Balaban J connectivity index is 2.42. The average molecular weight is 212 g/mol. The van der Waals surface area contributed by atoms with Crippen molar-refractivity contribution in [3.63, 3.8) is 0 Å². The van der Waals surface area contributed by atoms with Crippen molar-refractivity contribution in [2.24, 2.45) is 0 Å². The van der Waals surface area contributed by atoms with Crippen LogP contribution in [0.3, 0.4) is 0 Å². The Bertz CT molecular complexity index is 284. The minimum atomic E-state index is -0.361. The highest BCUT2D eigenvalue weighted by Crippen LogP contribution is 2.07. The van der Waals surface area contributed by atoms with Gasteiger partial charge in [0.25, 0.3) is 0 Å². The van der Waals surface area contributed by atoms with Gasteiger partial charge >= 0.3 is 0 Å². The number of methoxy groups -OCH3 is 1. The van der Waals surface area contributed by atoms with Gasteiger partial charge < -0.3 is 9.84 Å². The molecule has 0 bridgehead atoms. The molecule has 1 heterocycles. The molecule has 4 nitrogen and oxygen atoms in total. The number of aliphatic hydroxyl groups excluding tert-OH is 1. The van der Waals surface area contributed by atoms with Gasteiger partial charge in [-0.3, -0.25) is 4.68 Å². The van der Waals surface area contributed by atoms with Crippen LogP contribution in [0.2, 0.25) is 0 Å². The lowest BCUT2D eigenvalue weighted by Gasteiger charge is -2.08. The molecule has 0 aliphatic carbocycles. The summed E-state index contributed by atoms with van der Waals surface area (Å²) in [6.07, 6.45) is 2.84. The fourth-order valence-corrected chi connectivity index (χ4v) is 1.37. The molecule has 0 aliphatic rings. The zero-order valence-electron chi connectivity index (χ0n) is 9.68. The third-order valence-electron chi connectivity index (χ3n) is 2.29. The van der Waals surface area contributed by atoms with Gasteiger partial charge in [-0.1, -0.05) is 0 Å². The van der Waals surface area contributed by atoms with Crippen LogP contribution in [0.25, 0.3) is 0 Å². The third kappa shape index (κ3) is 4.01. The van der Waals surface area contributed by atoms with Crippen LogP contribution in [0, 0.1) is 0 Å². The molecule has 4 heteroatoms. The van der Waals surface area contributed by atoms with Gasteiger partial charge in [0.15, 0.2) is 0 Å². The van der Waals surface area contributed by atoms with E-state index in [0.717, 1.165) is 5.69 Å². The van der Waals surface area contributed by atoms with Gasteiger partial charge in [0.05, 0.1) is 11.8 Å². The molecule has 0 saturated carbocycles. The van der Waals surface area contributed by atoms with Crippen LogP contribution in [-0.4, -0.2) is 34.7 Å². The highest BCUT2D eigenvalue weighted by Gasteiger charge is 2.08. The standard InChI is InChI=1S/C11H20N2O2/c1-9(2)13-6-4-10(12-13)8-11(14)5-7-15-3/h4,6,9,11,14H,5,7-8H2,1-3H3. The molecule has 1 unspecified atom stereocenters. The molecular formula is C11H20N2O2. The molecule has 0 fully saturated rings. The second kappa shape index (κ2) is 5.88. The average Bonchev–Trinajstić information content (AvgIpc) is 2.63. The Hall–Kier alpha value is -0.870. The van der Waals surface area contributed by atoms with E-state index < -0.39 is 0 Å². The molecule has 0 spiro atoms. The normalized spacial score (nSPS) is 13.4. The summed E-state index contributed by atoms with van der Waals surface area (Å²) in [6, 6.07) is 2.32. The van der Waals surface area contributed by atoms with Crippen molar-refractivity contribution >= 4 is 0 Å². The number of aliphatic hydroxyl groups is 1. The number of hydrogen-bond donors (Lipinski definition) is 1. The first-order valence-corrected chi connectivity index (χ1v) is 5.34. The zero-order valence-corrected chi connectivity index (χ0v) is 9.68. The van der Waals surface area contributed by atoms with E-state index in [4.69, 9.17) is 4.74 Å². The number of nitrogens with zero attached hydrogens (tertiary/aromatic N) is 2. The molecule has 0 saturated heterocycles. The highest BCUT2D eigenvalue weighted by atomic mass is 16.5. The zero-order chi connectivity index (χ0) is 11.3. The smallest absolute Gasteiger partial charge is 0.0650 e. The van der Waals surface area contributed by atoms with Gasteiger partial charge in [-0.2, -0.15) is 5.10 Å². The summed E-state index contributed by atoms with van der Waals surface area (Å²) in [5.41, 5.74) is 0.937. The monoisotopic (exact) mass is 212 g/mol. The Morgan fingerprint density at radius 2 is 2.27 bits per heavy atom.